The van der Waals surface area contributed by atoms with Gasteiger partial charge in [-0.25, -0.2) is 8.42 Å². The van der Waals surface area contributed by atoms with E-state index >= 15 is 0 Å². The summed E-state index contributed by atoms with van der Waals surface area (Å²) in [5, 5.41) is 12.5. The Balaban J connectivity index is 1.77. The molecule has 0 radical (unpaired) electrons. The molecule has 0 aliphatic carbocycles. The molecule has 1 N–H and O–H groups in total. The molecule has 0 amide bonds. The van der Waals surface area contributed by atoms with Gasteiger partial charge in [0, 0.05) is 19.1 Å². The Labute approximate surface area is 125 Å². The van der Waals surface area contributed by atoms with E-state index in [1.165, 1.54) is 0 Å². The highest BCUT2D eigenvalue weighted by Gasteiger charge is 2.39. The van der Waals surface area contributed by atoms with Crippen LogP contribution >= 0.6 is 0 Å². The van der Waals surface area contributed by atoms with Gasteiger partial charge >= 0.3 is 0 Å². The fourth-order valence-electron chi connectivity index (χ4n) is 3.28. The lowest BCUT2D eigenvalue weighted by atomic mass is 9.94. The van der Waals surface area contributed by atoms with Gasteiger partial charge in [0.1, 0.15) is 0 Å². The molecular formula is C15H19N3O2S. The molecule has 0 spiro atoms. The summed E-state index contributed by atoms with van der Waals surface area (Å²) in [5.41, 5.74) is 1.03. The normalized spacial score (nSPS) is 26.2. The summed E-state index contributed by atoms with van der Waals surface area (Å²) in [6.45, 7) is 2.14. The van der Waals surface area contributed by atoms with Crippen molar-refractivity contribution in [3.05, 3.63) is 35.4 Å². The van der Waals surface area contributed by atoms with E-state index in [0.717, 1.165) is 19.4 Å². The molecule has 21 heavy (non-hydrogen) atoms. The average molecular weight is 305 g/mol. The number of hydrogen-bond acceptors (Lipinski definition) is 4. The van der Waals surface area contributed by atoms with Crippen LogP contribution in [0.2, 0.25) is 0 Å². The van der Waals surface area contributed by atoms with Crippen molar-refractivity contribution in [2.75, 3.05) is 19.6 Å². The van der Waals surface area contributed by atoms with Crippen molar-refractivity contribution in [3.8, 4) is 6.07 Å². The van der Waals surface area contributed by atoms with Gasteiger partial charge in [-0.2, -0.15) is 9.57 Å². The van der Waals surface area contributed by atoms with E-state index in [4.69, 9.17) is 5.26 Å². The van der Waals surface area contributed by atoms with E-state index in [-0.39, 0.29) is 5.75 Å². The van der Waals surface area contributed by atoms with Crippen molar-refractivity contribution in [3.63, 3.8) is 0 Å². The molecule has 3 rings (SSSR count). The molecule has 2 heterocycles. The van der Waals surface area contributed by atoms with E-state index < -0.39 is 10.0 Å². The third kappa shape index (κ3) is 2.95. The number of sulfonamides is 1. The lowest BCUT2D eigenvalue weighted by molar-refractivity contribution is 0.339. The van der Waals surface area contributed by atoms with E-state index in [2.05, 4.69) is 11.4 Å². The number of nitrogens with one attached hydrogen (secondary N) is 1. The summed E-state index contributed by atoms with van der Waals surface area (Å²) in [6, 6.07) is 9.27. The highest BCUT2D eigenvalue weighted by atomic mass is 32.2. The van der Waals surface area contributed by atoms with Gasteiger partial charge in [0.25, 0.3) is 0 Å². The molecule has 2 aliphatic heterocycles. The summed E-state index contributed by atoms with van der Waals surface area (Å²) in [6.07, 6.45) is 2.21. The lowest BCUT2D eigenvalue weighted by Gasteiger charge is -2.24. The van der Waals surface area contributed by atoms with Crippen LogP contribution in [-0.2, 0) is 15.8 Å². The summed E-state index contributed by atoms with van der Waals surface area (Å²) >= 11 is 0. The van der Waals surface area contributed by atoms with Gasteiger partial charge in [-0.05, 0) is 36.9 Å². The van der Waals surface area contributed by atoms with Gasteiger partial charge in [-0.1, -0.05) is 18.2 Å². The number of hydrogen-bond donors (Lipinski definition) is 1. The second-order valence-electron chi connectivity index (χ2n) is 5.81. The SMILES string of the molecule is N#Cc1ccccc1CS(=O)(=O)N1C[C@@H]2CCCN[C@@H]2C1. The molecule has 0 unspecified atom stereocenters. The van der Waals surface area contributed by atoms with Gasteiger partial charge < -0.3 is 5.32 Å². The van der Waals surface area contributed by atoms with Crippen LogP contribution in [0.5, 0.6) is 0 Å². The molecule has 0 saturated carbocycles. The second kappa shape index (κ2) is 5.76. The third-order valence-electron chi connectivity index (χ3n) is 4.43. The summed E-state index contributed by atoms with van der Waals surface area (Å²) in [7, 11) is -3.36. The van der Waals surface area contributed by atoms with E-state index in [9.17, 15) is 8.42 Å². The lowest BCUT2D eigenvalue weighted by Crippen LogP contribution is -2.41. The minimum Gasteiger partial charge on any atom is -0.312 e. The Bertz CT molecular complexity index is 652. The van der Waals surface area contributed by atoms with Crippen LogP contribution in [0.3, 0.4) is 0 Å². The number of nitriles is 1. The molecule has 0 bridgehead atoms. The van der Waals surface area contributed by atoms with Crippen molar-refractivity contribution < 1.29 is 8.42 Å². The third-order valence-corrected chi connectivity index (χ3v) is 6.20. The highest BCUT2D eigenvalue weighted by molar-refractivity contribution is 7.88. The number of nitrogens with zero attached hydrogens (tertiary/aromatic N) is 2. The molecule has 2 fully saturated rings. The molecule has 2 aliphatic rings. The van der Waals surface area contributed by atoms with Gasteiger partial charge in [0.2, 0.25) is 10.0 Å². The molecule has 112 valence electrons. The first kappa shape index (κ1) is 14.5. The van der Waals surface area contributed by atoms with Crippen LogP contribution in [0.15, 0.2) is 24.3 Å². The number of fused-ring (bicyclic) bond motifs is 1. The smallest absolute Gasteiger partial charge is 0.218 e. The van der Waals surface area contributed by atoms with Crippen molar-refractivity contribution >= 4 is 10.0 Å². The fraction of sp³-hybridized carbons (Fsp3) is 0.533. The molecular weight excluding hydrogens is 286 g/mol. The maximum absolute atomic E-state index is 12.6. The predicted octanol–water partition coefficient (Wildman–Crippen LogP) is 1.07. The molecule has 0 aromatic heterocycles. The van der Waals surface area contributed by atoms with Crippen LogP contribution in [0, 0.1) is 17.2 Å². The van der Waals surface area contributed by atoms with Crippen LogP contribution in [0.4, 0.5) is 0 Å². The monoisotopic (exact) mass is 305 g/mol. The molecule has 2 atom stereocenters. The fourth-order valence-corrected chi connectivity index (χ4v) is 4.91. The zero-order chi connectivity index (χ0) is 14.9. The second-order valence-corrected chi connectivity index (χ2v) is 7.77. The van der Waals surface area contributed by atoms with Crippen molar-refractivity contribution in [2.24, 2.45) is 5.92 Å². The molecule has 5 nitrogen and oxygen atoms in total. The van der Waals surface area contributed by atoms with Crippen molar-refractivity contribution in [1.82, 2.24) is 9.62 Å². The van der Waals surface area contributed by atoms with E-state index in [0.29, 0.717) is 36.2 Å². The summed E-state index contributed by atoms with van der Waals surface area (Å²) in [5.74, 6) is 0.343. The summed E-state index contributed by atoms with van der Waals surface area (Å²) in [4.78, 5) is 0. The predicted molar refractivity (Wildman–Crippen MR) is 79.9 cm³/mol. The Morgan fingerprint density at radius 1 is 1.33 bits per heavy atom. The van der Waals surface area contributed by atoms with Crippen LogP contribution < -0.4 is 5.32 Å². The Morgan fingerprint density at radius 3 is 2.90 bits per heavy atom. The van der Waals surface area contributed by atoms with Crippen LogP contribution in [0.25, 0.3) is 0 Å². The minimum atomic E-state index is -3.36. The first-order chi connectivity index (χ1) is 10.1. The van der Waals surface area contributed by atoms with Gasteiger partial charge in [-0.15, -0.1) is 0 Å². The largest absolute Gasteiger partial charge is 0.312 e. The zero-order valence-corrected chi connectivity index (χ0v) is 12.6. The molecule has 1 aromatic rings. The molecule has 1 aromatic carbocycles. The minimum absolute atomic E-state index is 0.0871. The summed E-state index contributed by atoms with van der Waals surface area (Å²) < 4.78 is 26.8. The van der Waals surface area contributed by atoms with Crippen molar-refractivity contribution in [1.29, 1.82) is 5.26 Å². The first-order valence-corrected chi connectivity index (χ1v) is 8.90. The average Bonchev–Trinajstić information content (AvgIpc) is 2.92. The van der Waals surface area contributed by atoms with E-state index in [1.807, 2.05) is 0 Å². The van der Waals surface area contributed by atoms with Gasteiger partial charge in [0.15, 0.2) is 0 Å². The zero-order valence-electron chi connectivity index (χ0n) is 11.8. The molecule has 2 saturated heterocycles. The first-order valence-electron chi connectivity index (χ1n) is 7.29. The Morgan fingerprint density at radius 2 is 2.14 bits per heavy atom. The van der Waals surface area contributed by atoms with Gasteiger partial charge in [0.05, 0.1) is 17.4 Å². The van der Waals surface area contributed by atoms with Crippen LogP contribution in [-0.4, -0.2) is 38.4 Å². The van der Waals surface area contributed by atoms with Crippen molar-refractivity contribution in [2.45, 2.75) is 24.6 Å². The number of rotatable bonds is 3. The Hall–Kier alpha value is -1.42. The number of piperidine rings is 1. The van der Waals surface area contributed by atoms with Gasteiger partial charge in [-0.3, -0.25) is 0 Å². The standard InChI is InChI=1S/C15H19N3O2S/c16-8-12-4-1-2-5-14(12)11-21(19,20)18-9-13-6-3-7-17-15(13)10-18/h1-2,4-5,13,15,17H,3,6-7,9-11H2/t13-,15+/m0/s1. The highest BCUT2D eigenvalue weighted by Crippen LogP contribution is 2.28. The Kier molecular flexibility index (Phi) is 3.98. The molecule has 6 heteroatoms. The maximum Gasteiger partial charge on any atom is 0.218 e. The van der Waals surface area contributed by atoms with E-state index in [1.54, 1.807) is 28.6 Å². The maximum atomic E-state index is 12.6. The topological polar surface area (TPSA) is 73.2 Å². The number of benzene rings is 1. The van der Waals surface area contributed by atoms with Crippen LogP contribution in [0.1, 0.15) is 24.0 Å². The quantitative estimate of drug-likeness (QED) is 0.906.